The van der Waals surface area contributed by atoms with E-state index < -0.39 is 0 Å². The number of anilines is 1. The van der Waals surface area contributed by atoms with Crippen LogP contribution >= 0.6 is 11.6 Å². The van der Waals surface area contributed by atoms with Gasteiger partial charge in [-0.05, 0) is 37.5 Å². The Kier molecular flexibility index (Phi) is 5.59. The number of halogens is 1. The molecule has 1 aromatic rings. The molecule has 1 fully saturated rings. The number of hydrogen-bond donors (Lipinski definition) is 2. The largest absolute Gasteiger partial charge is 0.378 e. The highest BCUT2D eigenvalue weighted by molar-refractivity contribution is 6.33. The summed E-state index contributed by atoms with van der Waals surface area (Å²) < 4.78 is 5.48. The lowest BCUT2D eigenvalue weighted by Crippen LogP contribution is -2.19. The van der Waals surface area contributed by atoms with E-state index in [0.29, 0.717) is 29.1 Å². The number of benzene rings is 1. The fourth-order valence-corrected chi connectivity index (χ4v) is 2.45. The molecule has 1 unspecified atom stereocenters. The monoisotopic (exact) mass is 310 g/mol. The summed E-state index contributed by atoms with van der Waals surface area (Å²) in [6.07, 6.45) is 3.35. The number of rotatable bonds is 5. The Morgan fingerprint density at radius 2 is 2.24 bits per heavy atom. The van der Waals surface area contributed by atoms with Crippen molar-refractivity contribution in [1.82, 2.24) is 5.32 Å². The van der Waals surface area contributed by atoms with Crippen LogP contribution in [0.15, 0.2) is 18.2 Å². The summed E-state index contributed by atoms with van der Waals surface area (Å²) in [4.78, 5) is 23.5. The molecule has 2 N–H and O–H groups in total. The van der Waals surface area contributed by atoms with Crippen LogP contribution in [0.5, 0.6) is 0 Å². The molecule has 0 spiro atoms. The predicted molar refractivity (Wildman–Crippen MR) is 81.7 cm³/mol. The predicted octanol–water partition coefficient (Wildman–Crippen LogP) is 2.60. The van der Waals surface area contributed by atoms with Crippen LogP contribution in [-0.2, 0) is 9.53 Å². The zero-order chi connectivity index (χ0) is 15.2. The first-order valence-electron chi connectivity index (χ1n) is 7.03. The first-order chi connectivity index (χ1) is 10.1. The summed E-state index contributed by atoms with van der Waals surface area (Å²) in [5.41, 5.74) is 0.909. The standard InChI is InChI=1S/C15H19ClN2O3/c1-17-15(20)10-4-6-12(16)13(9-10)18-14(19)7-5-11-3-2-8-21-11/h4,6,9,11H,2-3,5,7-8H2,1H3,(H,17,20)(H,18,19). The van der Waals surface area contributed by atoms with Gasteiger partial charge in [0, 0.05) is 25.6 Å². The average Bonchev–Trinajstić information content (AvgIpc) is 3.00. The summed E-state index contributed by atoms with van der Waals surface area (Å²) in [7, 11) is 1.55. The number of carbonyl (C=O) groups is 2. The van der Waals surface area contributed by atoms with Gasteiger partial charge in [0.15, 0.2) is 0 Å². The van der Waals surface area contributed by atoms with E-state index in [1.165, 1.54) is 0 Å². The number of carbonyl (C=O) groups excluding carboxylic acids is 2. The SMILES string of the molecule is CNC(=O)c1ccc(Cl)c(NC(=O)CCC2CCCO2)c1. The molecule has 1 saturated heterocycles. The molecule has 0 radical (unpaired) electrons. The molecule has 114 valence electrons. The molecule has 0 bridgehead atoms. The normalized spacial score (nSPS) is 17.5. The maximum atomic E-state index is 11.9. The molecule has 6 heteroatoms. The third-order valence-electron chi connectivity index (χ3n) is 3.45. The summed E-state index contributed by atoms with van der Waals surface area (Å²) in [5, 5.41) is 5.69. The van der Waals surface area contributed by atoms with Crippen LogP contribution in [0, 0.1) is 0 Å². The highest BCUT2D eigenvalue weighted by Gasteiger charge is 2.17. The third kappa shape index (κ3) is 4.44. The third-order valence-corrected chi connectivity index (χ3v) is 3.78. The zero-order valence-electron chi connectivity index (χ0n) is 11.9. The Morgan fingerprint density at radius 1 is 1.43 bits per heavy atom. The van der Waals surface area contributed by atoms with E-state index >= 15 is 0 Å². The fraction of sp³-hybridized carbons (Fsp3) is 0.467. The molecule has 5 nitrogen and oxygen atoms in total. The van der Waals surface area contributed by atoms with Crippen LogP contribution in [0.3, 0.4) is 0 Å². The summed E-state index contributed by atoms with van der Waals surface area (Å²) in [6, 6.07) is 4.79. The highest BCUT2D eigenvalue weighted by atomic mass is 35.5. The maximum Gasteiger partial charge on any atom is 0.251 e. The Labute approximate surface area is 129 Å². The van der Waals surface area contributed by atoms with Gasteiger partial charge in [0.25, 0.3) is 5.91 Å². The average molecular weight is 311 g/mol. The second-order valence-corrected chi connectivity index (χ2v) is 5.40. The van der Waals surface area contributed by atoms with Gasteiger partial charge < -0.3 is 15.4 Å². The van der Waals surface area contributed by atoms with Crippen LogP contribution in [0.1, 0.15) is 36.0 Å². The molecule has 1 atom stereocenters. The van der Waals surface area contributed by atoms with E-state index in [2.05, 4.69) is 10.6 Å². The quantitative estimate of drug-likeness (QED) is 0.878. The van der Waals surface area contributed by atoms with E-state index in [1.807, 2.05) is 0 Å². The van der Waals surface area contributed by atoms with Crippen molar-refractivity contribution in [2.45, 2.75) is 31.8 Å². The lowest BCUT2D eigenvalue weighted by atomic mass is 10.1. The van der Waals surface area contributed by atoms with Crippen LogP contribution in [0.2, 0.25) is 5.02 Å². The van der Waals surface area contributed by atoms with E-state index in [9.17, 15) is 9.59 Å². The Morgan fingerprint density at radius 3 is 2.90 bits per heavy atom. The van der Waals surface area contributed by atoms with Gasteiger partial charge in [-0.1, -0.05) is 11.6 Å². The molecule has 1 heterocycles. The van der Waals surface area contributed by atoms with E-state index in [-0.39, 0.29) is 17.9 Å². The Bertz CT molecular complexity index is 528. The molecule has 1 aliphatic heterocycles. The van der Waals surface area contributed by atoms with Crippen molar-refractivity contribution in [2.24, 2.45) is 0 Å². The lowest BCUT2D eigenvalue weighted by Gasteiger charge is -2.11. The molecule has 0 aliphatic carbocycles. The van der Waals surface area contributed by atoms with Gasteiger partial charge in [0.2, 0.25) is 5.91 Å². The molecular weight excluding hydrogens is 292 g/mol. The van der Waals surface area contributed by atoms with E-state index in [4.69, 9.17) is 16.3 Å². The minimum Gasteiger partial charge on any atom is -0.378 e. The molecule has 2 rings (SSSR count). The second kappa shape index (κ2) is 7.43. The van der Waals surface area contributed by atoms with Crippen LogP contribution in [0.25, 0.3) is 0 Å². The number of hydrogen-bond acceptors (Lipinski definition) is 3. The molecule has 2 amide bonds. The topological polar surface area (TPSA) is 67.4 Å². The van der Waals surface area contributed by atoms with Crippen molar-refractivity contribution in [2.75, 3.05) is 19.0 Å². The molecular formula is C15H19ClN2O3. The smallest absolute Gasteiger partial charge is 0.251 e. The first-order valence-corrected chi connectivity index (χ1v) is 7.41. The highest BCUT2D eigenvalue weighted by Crippen LogP contribution is 2.24. The van der Waals surface area contributed by atoms with Gasteiger partial charge >= 0.3 is 0 Å². The first kappa shape index (κ1) is 15.8. The minimum absolute atomic E-state index is 0.124. The molecule has 0 saturated carbocycles. The molecule has 21 heavy (non-hydrogen) atoms. The summed E-state index contributed by atoms with van der Waals surface area (Å²) >= 11 is 6.04. The van der Waals surface area contributed by atoms with Gasteiger partial charge in [-0.3, -0.25) is 9.59 Å². The van der Waals surface area contributed by atoms with Gasteiger partial charge in [-0.2, -0.15) is 0 Å². The fourth-order valence-electron chi connectivity index (χ4n) is 2.28. The molecule has 1 aliphatic rings. The van der Waals surface area contributed by atoms with Crippen LogP contribution in [0.4, 0.5) is 5.69 Å². The van der Waals surface area contributed by atoms with Crippen LogP contribution in [-0.4, -0.2) is 31.6 Å². The van der Waals surface area contributed by atoms with Crippen LogP contribution < -0.4 is 10.6 Å². The van der Waals surface area contributed by atoms with Crippen molar-refractivity contribution in [1.29, 1.82) is 0 Å². The number of nitrogens with one attached hydrogen (secondary N) is 2. The lowest BCUT2D eigenvalue weighted by molar-refractivity contribution is -0.116. The zero-order valence-corrected chi connectivity index (χ0v) is 12.7. The summed E-state index contributed by atoms with van der Waals surface area (Å²) in [5.74, 6) is -0.344. The molecule has 1 aromatic carbocycles. The van der Waals surface area contributed by atoms with E-state index in [0.717, 1.165) is 19.4 Å². The van der Waals surface area contributed by atoms with Gasteiger partial charge in [0.05, 0.1) is 16.8 Å². The summed E-state index contributed by atoms with van der Waals surface area (Å²) in [6.45, 7) is 0.784. The van der Waals surface area contributed by atoms with E-state index in [1.54, 1.807) is 25.2 Å². The minimum atomic E-state index is -0.221. The van der Waals surface area contributed by atoms with Gasteiger partial charge in [-0.25, -0.2) is 0 Å². The number of amides is 2. The van der Waals surface area contributed by atoms with Crippen molar-refractivity contribution < 1.29 is 14.3 Å². The van der Waals surface area contributed by atoms with Gasteiger partial charge in [0.1, 0.15) is 0 Å². The second-order valence-electron chi connectivity index (χ2n) is 5.00. The Hall–Kier alpha value is -1.59. The number of ether oxygens (including phenoxy) is 1. The van der Waals surface area contributed by atoms with Crippen molar-refractivity contribution in [3.8, 4) is 0 Å². The molecule has 0 aromatic heterocycles. The maximum absolute atomic E-state index is 11.9. The van der Waals surface area contributed by atoms with Crippen molar-refractivity contribution in [3.05, 3.63) is 28.8 Å². The van der Waals surface area contributed by atoms with Crippen molar-refractivity contribution in [3.63, 3.8) is 0 Å². The van der Waals surface area contributed by atoms with Crippen molar-refractivity contribution >= 4 is 29.1 Å². The van der Waals surface area contributed by atoms with Gasteiger partial charge in [-0.15, -0.1) is 0 Å². The Balaban J connectivity index is 1.94.